The van der Waals surface area contributed by atoms with Gasteiger partial charge in [-0.05, 0) is 24.1 Å². The monoisotopic (exact) mass is 298 g/mol. The van der Waals surface area contributed by atoms with Crippen LogP contribution in [0.1, 0.15) is 12.0 Å². The molecule has 0 unspecified atom stereocenters. The molecule has 0 amide bonds. The number of hydrogen-bond acceptors (Lipinski definition) is 4. The molecule has 0 spiro atoms. The summed E-state index contributed by atoms with van der Waals surface area (Å²) in [5.41, 5.74) is -4.95. The van der Waals surface area contributed by atoms with Crippen LogP contribution in [0.2, 0.25) is 0 Å². The van der Waals surface area contributed by atoms with Crippen molar-refractivity contribution in [2.75, 3.05) is 0 Å². The van der Waals surface area contributed by atoms with E-state index in [9.17, 15) is 26.4 Å². The maximum absolute atomic E-state index is 12.0. The normalized spacial score (nSPS) is 12.2. The molecule has 0 aliphatic rings. The van der Waals surface area contributed by atoms with Crippen molar-refractivity contribution in [2.45, 2.75) is 18.3 Å². The van der Waals surface area contributed by atoms with Gasteiger partial charge in [0.15, 0.2) is 0 Å². The van der Waals surface area contributed by atoms with Gasteiger partial charge in [0.2, 0.25) is 0 Å². The van der Waals surface area contributed by atoms with Crippen molar-refractivity contribution in [3.63, 3.8) is 0 Å². The van der Waals surface area contributed by atoms with E-state index in [2.05, 4.69) is 4.18 Å². The van der Waals surface area contributed by atoms with Crippen LogP contribution in [-0.2, 0) is 21.3 Å². The van der Waals surface area contributed by atoms with Gasteiger partial charge in [-0.15, -0.1) is 0 Å². The minimum Gasteiger partial charge on any atom is -0.481 e. The van der Waals surface area contributed by atoms with Gasteiger partial charge in [-0.3, -0.25) is 4.79 Å². The largest absolute Gasteiger partial charge is 0.534 e. The molecule has 19 heavy (non-hydrogen) atoms. The van der Waals surface area contributed by atoms with Crippen LogP contribution in [0.3, 0.4) is 0 Å². The zero-order valence-corrected chi connectivity index (χ0v) is 10.2. The molecule has 106 valence electrons. The summed E-state index contributed by atoms with van der Waals surface area (Å²) in [5.74, 6) is -1.50. The standard InChI is InChI=1S/C10H9F3O5S/c11-10(12,13)19(16,17)18-8-4-1-7(2-5-8)3-6-9(14)15/h1-2,4-5H,3,6H2,(H,14,15). The van der Waals surface area contributed by atoms with Crippen molar-refractivity contribution < 1.29 is 35.7 Å². The third kappa shape index (κ3) is 4.43. The van der Waals surface area contributed by atoms with E-state index in [1.54, 1.807) is 0 Å². The van der Waals surface area contributed by atoms with E-state index in [0.29, 0.717) is 5.56 Å². The summed E-state index contributed by atoms with van der Waals surface area (Å²) in [4.78, 5) is 10.3. The molecule has 1 rings (SSSR count). The lowest BCUT2D eigenvalue weighted by Gasteiger charge is -2.09. The van der Waals surface area contributed by atoms with Gasteiger partial charge >= 0.3 is 21.6 Å². The van der Waals surface area contributed by atoms with E-state index in [1.807, 2.05) is 0 Å². The van der Waals surface area contributed by atoms with Gasteiger partial charge in [-0.25, -0.2) is 0 Å². The second-order valence-corrected chi connectivity index (χ2v) is 5.06. The Balaban J connectivity index is 2.75. The first kappa shape index (κ1) is 15.3. The average Bonchev–Trinajstić information content (AvgIpc) is 2.26. The van der Waals surface area contributed by atoms with E-state index in [4.69, 9.17) is 5.11 Å². The lowest BCUT2D eigenvalue weighted by Crippen LogP contribution is -2.28. The Kier molecular flexibility index (Phi) is 4.40. The Labute approximate surface area is 106 Å². The summed E-state index contributed by atoms with van der Waals surface area (Å²) >= 11 is 0. The fourth-order valence-corrected chi connectivity index (χ4v) is 1.60. The molecule has 0 fully saturated rings. The quantitative estimate of drug-likeness (QED) is 0.663. The van der Waals surface area contributed by atoms with Crippen LogP contribution < -0.4 is 4.18 Å². The molecule has 0 saturated heterocycles. The molecule has 9 heteroatoms. The van der Waals surface area contributed by atoms with Crippen LogP contribution in [0.5, 0.6) is 5.75 Å². The third-order valence-corrected chi connectivity index (χ3v) is 3.02. The number of hydrogen-bond donors (Lipinski definition) is 1. The molecule has 1 aromatic carbocycles. The topological polar surface area (TPSA) is 80.7 Å². The van der Waals surface area contributed by atoms with Crippen LogP contribution in [0, 0.1) is 0 Å². The minimum absolute atomic E-state index is 0.138. The van der Waals surface area contributed by atoms with E-state index < -0.39 is 27.3 Å². The fraction of sp³-hybridized carbons (Fsp3) is 0.300. The van der Waals surface area contributed by atoms with E-state index in [0.717, 1.165) is 12.1 Å². The number of carbonyl (C=O) groups is 1. The lowest BCUT2D eigenvalue weighted by molar-refractivity contribution is -0.136. The minimum atomic E-state index is -5.68. The smallest absolute Gasteiger partial charge is 0.481 e. The molecule has 0 aliphatic carbocycles. The van der Waals surface area contributed by atoms with Crippen LogP contribution >= 0.6 is 0 Å². The summed E-state index contributed by atoms with van der Waals surface area (Å²) in [5, 5.41) is 8.44. The summed E-state index contributed by atoms with van der Waals surface area (Å²) in [7, 11) is -5.68. The highest BCUT2D eigenvalue weighted by Gasteiger charge is 2.48. The van der Waals surface area contributed by atoms with Crippen molar-refractivity contribution in [2.24, 2.45) is 0 Å². The molecule has 0 aromatic heterocycles. The molecule has 1 N–H and O–H groups in total. The Bertz CT molecular complexity index is 548. The molecular formula is C10H9F3O5S. The molecule has 1 aromatic rings. The van der Waals surface area contributed by atoms with Gasteiger partial charge in [0.05, 0.1) is 0 Å². The van der Waals surface area contributed by atoms with Gasteiger partial charge in [-0.1, -0.05) is 12.1 Å². The Morgan fingerprint density at radius 1 is 1.21 bits per heavy atom. The first-order chi connectivity index (χ1) is 8.62. The Morgan fingerprint density at radius 2 is 1.74 bits per heavy atom. The number of aryl methyl sites for hydroxylation is 1. The highest BCUT2D eigenvalue weighted by atomic mass is 32.2. The van der Waals surface area contributed by atoms with Gasteiger partial charge in [-0.2, -0.15) is 21.6 Å². The third-order valence-electron chi connectivity index (χ3n) is 2.04. The van der Waals surface area contributed by atoms with Crippen molar-refractivity contribution in [3.8, 4) is 5.75 Å². The number of rotatable bonds is 5. The van der Waals surface area contributed by atoms with E-state index in [-0.39, 0.29) is 12.8 Å². The maximum Gasteiger partial charge on any atom is 0.534 e. The number of halogens is 3. The van der Waals surface area contributed by atoms with Crippen molar-refractivity contribution in [1.82, 2.24) is 0 Å². The lowest BCUT2D eigenvalue weighted by atomic mass is 10.1. The number of carboxylic acid groups (broad SMARTS) is 1. The summed E-state index contributed by atoms with van der Waals surface area (Å²) in [6.45, 7) is 0. The highest BCUT2D eigenvalue weighted by Crippen LogP contribution is 2.27. The molecule has 0 radical (unpaired) electrons. The zero-order chi connectivity index (χ0) is 14.7. The van der Waals surface area contributed by atoms with Crippen LogP contribution in [0.15, 0.2) is 24.3 Å². The summed E-state index contributed by atoms with van der Waals surface area (Å²) in [6.07, 6.45) is 0.0443. The van der Waals surface area contributed by atoms with Crippen LogP contribution in [-0.4, -0.2) is 25.0 Å². The average molecular weight is 298 g/mol. The molecule has 5 nitrogen and oxygen atoms in total. The predicted molar refractivity (Wildman–Crippen MR) is 58.0 cm³/mol. The van der Waals surface area contributed by atoms with Gasteiger partial charge in [0.25, 0.3) is 0 Å². The first-order valence-electron chi connectivity index (χ1n) is 4.93. The van der Waals surface area contributed by atoms with Crippen molar-refractivity contribution in [1.29, 1.82) is 0 Å². The first-order valence-corrected chi connectivity index (χ1v) is 6.34. The molecule has 0 bridgehead atoms. The Morgan fingerprint density at radius 3 is 2.16 bits per heavy atom. The van der Waals surface area contributed by atoms with E-state index in [1.165, 1.54) is 12.1 Å². The van der Waals surface area contributed by atoms with Crippen molar-refractivity contribution in [3.05, 3.63) is 29.8 Å². The predicted octanol–water partition coefficient (Wildman–Crippen LogP) is 1.93. The highest BCUT2D eigenvalue weighted by molar-refractivity contribution is 7.87. The summed E-state index contributed by atoms with van der Waals surface area (Å²) < 4.78 is 61.4. The number of benzene rings is 1. The van der Waals surface area contributed by atoms with E-state index >= 15 is 0 Å². The van der Waals surface area contributed by atoms with Gasteiger partial charge in [0.1, 0.15) is 5.75 Å². The Hall–Kier alpha value is -1.77. The zero-order valence-electron chi connectivity index (χ0n) is 9.35. The second-order valence-electron chi connectivity index (χ2n) is 3.52. The van der Waals surface area contributed by atoms with Crippen LogP contribution in [0.4, 0.5) is 13.2 Å². The fourth-order valence-electron chi connectivity index (χ4n) is 1.14. The number of alkyl halides is 3. The maximum atomic E-state index is 12.0. The molecule has 0 aliphatic heterocycles. The molecule has 0 heterocycles. The summed E-state index contributed by atoms with van der Waals surface area (Å²) in [6, 6.07) is 4.65. The number of carboxylic acids is 1. The molecule has 0 saturated carbocycles. The number of aliphatic carboxylic acids is 1. The second kappa shape index (κ2) is 5.47. The van der Waals surface area contributed by atoms with Crippen LogP contribution in [0.25, 0.3) is 0 Å². The van der Waals surface area contributed by atoms with Gasteiger partial charge < -0.3 is 9.29 Å². The van der Waals surface area contributed by atoms with Gasteiger partial charge in [0, 0.05) is 6.42 Å². The molecule has 0 atom stereocenters. The SMILES string of the molecule is O=C(O)CCc1ccc(OS(=O)(=O)C(F)(F)F)cc1. The van der Waals surface area contributed by atoms with Crippen molar-refractivity contribution >= 4 is 16.1 Å². The molecular weight excluding hydrogens is 289 g/mol.